The average Bonchev–Trinajstić information content (AvgIpc) is 3.27. The standard InChI is InChI=1S/C35H44N4O3S/c1-3-36-34-32(29-14-8-5-9-15-29)16-10-17-33(34)43(41,42)37-31-20-18-30(19-21-31)35(40)39-23-11-22-38(24-25-39)26-27(2)28-12-6-4-7-13-28/h3-4,6-7,10,12-13,16-21,27,29,37H,5,8-9,11,14-15,22-26H2,1-2H3/b36-3-. The number of benzene rings is 3. The number of hydrogen-bond acceptors (Lipinski definition) is 5. The molecule has 5 rings (SSSR count). The van der Waals surface area contributed by atoms with Crippen LogP contribution in [0.15, 0.2) is 82.7 Å². The summed E-state index contributed by atoms with van der Waals surface area (Å²) in [6.07, 6.45) is 8.24. The van der Waals surface area contributed by atoms with Crippen LogP contribution < -0.4 is 4.72 Å². The van der Waals surface area contributed by atoms with Crippen LogP contribution in [0.25, 0.3) is 0 Å². The molecule has 0 spiro atoms. The van der Waals surface area contributed by atoms with Crippen molar-refractivity contribution in [3.63, 3.8) is 0 Å². The highest BCUT2D eigenvalue weighted by Gasteiger charge is 2.26. The maximum Gasteiger partial charge on any atom is 0.264 e. The minimum absolute atomic E-state index is 0.0212. The zero-order valence-electron chi connectivity index (χ0n) is 25.4. The molecule has 2 fully saturated rings. The number of carbonyl (C=O) groups excluding carboxylic acids is 1. The quantitative estimate of drug-likeness (QED) is 0.263. The van der Waals surface area contributed by atoms with Gasteiger partial charge in [-0.25, -0.2) is 8.42 Å². The van der Waals surface area contributed by atoms with Crippen molar-refractivity contribution in [2.24, 2.45) is 4.99 Å². The fourth-order valence-electron chi connectivity index (χ4n) is 6.47. The number of sulfonamides is 1. The Balaban J connectivity index is 1.23. The molecular weight excluding hydrogens is 556 g/mol. The van der Waals surface area contributed by atoms with Crippen LogP contribution in [0.5, 0.6) is 0 Å². The number of amides is 1. The molecule has 1 amide bonds. The third kappa shape index (κ3) is 7.73. The van der Waals surface area contributed by atoms with Gasteiger partial charge in [0.1, 0.15) is 4.90 Å². The maximum atomic E-state index is 13.6. The summed E-state index contributed by atoms with van der Waals surface area (Å²) in [5.74, 6) is 0.734. The van der Waals surface area contributed by atoms with Gasteiger partial charge in [0.15, 0.2) is 0 Å². The highest BCUT2D eigenvalue weighted by molar-refractivity contribution is 7.92. The lowest BCUT2D eigenvalue weighted by atomic mass is 9.83. The first-order valence-corrected chi connectivity index (χ1v) is 17.1. The van der Waals surface area contributed by atoms with Gasteiger partial charge in [-0.05, 0) is 86.0 Å². The summed E-state index contributed by atoms with van der Waals surface area (Å²) >= 11 is 0. The zero-order valence-corrected chi connectivity index (χ0v) is 26.2. The molecule has 1 unspecified atom stereocenters. The highest BCUT2D eigenvalue weighted by Crippen LogP contribution is 2.40. The van der Waals surface area contributed by atoms with E-state index < -0.39 is 10.0 Å². The fraction of sp³-hybridized carbons (Fsp3) is 0.429. The van der Waals surface area contributed by atoms with Crippen molar-refractivity contribution in [2.45, 2.75) is 69.1 Å². The van der Waals surface area contributed by atoms with Crippen molar-refractivity contribution in [2.75, 3.05) is 37.4 Å². The molecule has 43 heavy (non-hydrogen) atoms. The van der Waals surface area contributed by atoms with Gasteiger partial charge in [-0.2, -0.15) is 0 Å². The first-order valence-electron chi connectivity index (χ1n) is 15.7. The molecule has 3 aromatic carbocycles. The molecule has 1 heterocycles. The van der Waals surface area contributed by atoms with Crippen molar-refractivity contribution < 1.29 is 13.2 Å². The van der Waals surface area contributed by atoms with Crippen LogP contribution in [0.4, 0.5) is 11.4 Å². The second-order valence-corrected chi connectivity index (χ2v) is 13.5. The minimum Gasteiger partial charge on any atom is -0.337 e. The molecule has 1 N–H and O–H groups in total. The predicted octanol–water partition coefficient (Wildman–Crippen LogP) is 7.21. The van der Waals surface area contributed by atoms with Crippen LogP contribution in [-0.2, 0) is 10.0 Å². The first-order chi connectivity index (χ1) is 20.9. The summed E-state index contributed by atoms with van der Waals surface area (Å²) < 4.78 is 29.9. The Kier molecular flexibility index (Phi) is 10.3. The van der Waals surface area contributed by atoms with E-state index in [0.29, 0.717) is 41.9 Å². The molecule has 0 radical (unpaired) electrons. The first kappa shape index (κ1) is 31.0. The molecule has 7 nitrogen and oxygen atoms in total. The van der Waals surface area contributed by atoms with E-state index in [1.54, 1.807) is 36.5 Å². The van der Waals surface area contributed by atoms with Gasteiger partial charge in [0.25, 0.3) is 15.9 Å². The van der Waals surface area contributed by atoms with Crippen LogP contribution in [0, 0.1) is 0 Å². The highest BCUT2D eigenvalue weighted by atomic mass is 32.2. The zero-order chi connectivity index (χ0) is 30.2. The summed E-state index contributed by atoms with van der Waals surface area (Å²) in [7, 11) is -3.89. The largest absolute Gasteiger partial charge is 0.337 e. The second-order valence-electron chi connectivity index (χ2n) is 11.9. The van der Waals surface area contributed by atoms with Crippen molar-refractivity contribution in [1.82, 2.24) is 9.80 Å². The van der Waals surface area contributed by atoms with Crippen LogP contribution in [0.1, 0.15) is 85.7 Å². The Bertz CT molecular complexity index is 1500. The molecule has 228 valence electrons. The maximum absolute atomic E-state index is 13.6. The molecule has 8 heteroatoms. The summed E-state index contributed by atoms with van der Waals surface area (Å²) in [6, 6.07) is 22.8. The molecule has 1 aliphatic carbocycles. The van der Waals surface area contributed by atoms with Crippen molar-refractivity contribution >= 4 is 33.5 Å². The van der Waals surface area contributed by atoms with E-state index in [-0.39, 0.29) is 10.8 Å². The van der Waals surface area contributed by atoms with E-state index in [9.17, 15) is 13.2 Å². The summed E-state index contributed by atoms with van der Waals surface area (Å²) in [4.78, 5) is 22.4. The van der Waals surface area contributed by atoms with E-state index >= 15 is 0 Å². The van der Waals surface area contributed by atoms with E-state index in [1.165, 1.54) is 12.0 Å². The monoisotopic (exact) mass is 600 g/mol. The molecule has 1 aliphatic heterocycles. The Morgan fingerprint density at radius 3 is 2.37 bits per heavy atom. The number of hydrogen-bond donors (Lipinski definition) is 1. The number of nitrogens with one attached hydrogen (secondary N) is 1. The van der Waals surface area contributed by atoms with E-state index in [2.05, 4.69) is 45.8 Å². The third-order valence-corrected chi connectivity index (χ3v) is 10.2. The number of para-hydroxylation sites is 1. The number of rotatable bonds is 9. The third-order valence-electron chi connectivity index (χ3n) is 8.78. The van der Waals surface area contributed by atoms with Crippen LogP contribution >= 0.6 is 0 Å². The molecule has 1 saturated heterocycles. The van der Waals surface area contributed by atoms with Crippen LogP contribution in [-0.4, -0.2) is 63.1 Å². The normalized spacial score (nSPS) is 18.0. The summed E-state index contributed by atoms with van der Waals surface area (Å²) in [5.41, 5.74) is 3.85. The van der Waals surface area contributed by atoms with Gasteiger partial charge >= 0.3 is 0 Å². The van der Waals surface area contributed by atoms with Crippen molar-refractivity contribution in [3.8, 4) is 0 Å². The average molecular weight is 601 g/mol. The SMILES string of the molecule is C/C=N\c1c(C2CCCCC2)cccc1S(=O)(=O)Nc1ccc(C(=O)N2CCCN(CC(C)c3ccccc3)CC2)cc1. The molecule has 3 aromatic rings. The van der Waals surface area contributed by atoms with Crippen LogP contribution in [0.2, 0.25) is 0 Å². The lowest BCUT2D eigenvalue weighted by Gasteiger charge is -2.25. The molecule has 2 aliphatic rings. The van der Waals surface area contributed by atoms with Gasteiger partial charge in [-0.1, -0.05) is 68.7 Å². The van der Waals surface area contributed by atoms with E-state index in [1.807, 2.05) is 30.0 Å². The smallest absolute Gasteiger partial charge is 0.264 e. The lowest BCUT2D eigenvalue weighted by molar-refractivity contribution is 0.0761. The van der Waals surface area contributed by atoms with Gasteiger partial charge < -0.3 is 9.80 Å². The Morgan fingerprint density at radius 2 is 1.65 bits per heavy atom. The van der Waals surface area contributed by atoms with E-state index in [0.717, 1.165) is 57.3 Å². The van der Waals surface area contributed by atoms with Crippen LogP contribution in [0.3, 0.4) is 0 Å². The van der Waals surface area contributed by atoms with E-state index in [4.69, 9.17) is 0 Å². The molecule has 1 saturated carbocycles. The van der Waals surface area contributed by atoms with Crippen molar-refractivity contribution in [1.29, 1.82) is 0 Å². The Morgan fingerprint density at radius 1 is 0.907 bits per heavy atom. The predicted molar refractivity (Wildman–Crippen MR) is 175 cm³/mol. The van der Waals surface area contributed by atoms with Crippen molar-refractivity contribution in [3.05, 3.63) is 89.5 Å². The fourth-order valence-corrected chi connectivity index (χ4v) is 7.71. The second kappa shape index (κ2) is 14.3. The van der Waals surface area contributed by atoms with Gasteiger partial charge in [-0.15, -0.1) is 0 Å². The summed E-state index contributed by atoms with van der Waals surface area (Å²) in [6.45, 7) is 8.22. The Hall–Kier alpha value is -3.49. The molecule has 0 bridgehead atoms. The number of aliphatic imine (C=N–C) groups is 1. The number of carbonyl (C=O) groups is 1. The molecule has 1 atom stereocenters. The van der Waals surface area contributed by atoms with Gasteiger partial charge in [0.2, 0.25) is 0 Å². The minimum atomic E-state index is -3.89. The molecular formula is C35H44N4O3S. The van der Waals surface area contributed by atoms with Gasteiger partial charge in [0, 0.05) is 43.6 Å². The Labute approximate surface area is 257 Å². The lowest BCUT2D eigenvalue weighted by Crippen LogP contribution is -2.36. The van der Waals surface area contributed by atoms with Gasteiger partial charge in [-0.3, -0.25) is 14.5 Å². The number of nitrogens with zero attached hydrogens (tertiary/aromatic N) is 3. The van der Waals surface area contributed by atoms with Gasteiger partial charge in [0.05, 0.1) is 5.69 Å². The summed E-state index contributed by atoms with van der Waals surface area (Å²) in [5, 5.41) is 0. The topological polar surface area (TPSA) is 82.1 Å². The number of anilines is 1. The molecule has 0 aromatic heterocycles.